The van der Waals surface area contributed by atoms with E-state index in [0.29, 0.717) is 5.69 Å². The minimum absolute atomic E-state index is 0.179. The Morgan fingerprint density at radius 1 is 1.03 bits per heavy atom. The number of nitrogens with zero attached hydrogens (tertiary/aromatic N) is 3. The molecule has 1 fully saturated rings. The minimum atomic E-state index is -4.62. The van der Waals surface area contributed by atoms with Gasteiger partial charge in [0.05, 0.1) is 11.3 Å². The van der Waals surface area contributed by atoms with E-state index in [2.05, 4.69) is 15.3 Å². The summed E-state index contributed by atoms with van der Waals surface area (Å²) in [5, 5.41) is 6.58. The van der Waals surface area contributed by atoms with Gasteiger partial charge < -0.3 is 10.2 Å². The lowest BCUT2D eigenvalue weighted by Crippen LogP contribution is -2.27. The number of rotatable bonds is 4. The number of anilines is 2. The van der Waals surface area contributed by atoms with Crippen LogP contribution in [0.5, 0.6) is 0 Å². The number of aryl methyl sites for hydroxylation is 1. The van der Waals surface area contributed by atoms with E-state index >= 15 is 0 Å². The summed E-state index contributed by atoms with van der Waals surface area (Å²) in [5.41, 5.74) is -0.657. The van der Waals surface area contributed by atoms with Crippen LogP contribution in [0.25, 0.3) is 5.69 Å². The van der Waals surface area contributed by atoms with Crippen molar-refractivity contribution in [3.8, 4) is 5.69 Å². The van der Waals surface area contributed by atoms with Crippen molar-refractivity contribution in [3.05, 3.63) is 81.8 Å². The van der Waals surface area contributed by atoms with Gasteiger partial charge in [0.15, 0.2) is 5.69 Å². The first kappa shape index (κ1) is 21.6. The minimum Gasteiger partial charge on any atom is -0.372 e. The predicted molar refractivity (Wildman–Crippen MR) is 115 cm³/mol. The van der Waals surface area contributed by atoms with Gasteiger partial charge in [-0.2, -0.15) is 18.3 Å². The Hall–Kier alpha value is -3.62. The lowest BCUT2D eigenvalue weighted by Gasteiger charge is -2.18. The topological polar surface area (TPSA) is 67.2 Å². The van der Waals surface area contributed by atoms with Gasteiger partial charge >= 0.3 is 6.18 Å². The van der Waals surface area contributed by atoms with Gasteiger partial charge in [0.25, 0.3) is 5.91 Å². The van der Waals surface area contributed by atoms with Crippen LogP contribution in [0.1, 0.15) is 34.6 Å². The van der Waals surface area contributed by atoms with Gasteiger partial charge in [-0.15, -0.1) is 0 Å². The van der Waals surface area contributed by atoms with Gasteiger partial charge in [0.1, 0.15) is 0 Å². The Kier molecular flexibility index (Phi) is 5.73. The highest BCUT2D eigenvalue weighted by atomic mass is 19.4. The first-order valence-electron chi connectivity index (χ1n) is 10.2. The fraction of sp³-hybridized carbons (Fsp3) is 0.261. The number of halogens is 3. The predicted octanol–water partition coefficient (Wildman–Crippen LogP) is 4.41. The third kappa shape index (κ3) is 4.37. The molecule has 0 atom stereocenters. The highest BCUT2D eigenvalue weighted by Gasteiger charge is 2.34. The Balaban J connectivity index is 1.64. The van der Waals surface area contributed by atoms with Gasteiger partial charge in [0, 0.05) is 36.2 Å². The van der Waals surface area contributed by atoms with Gasteiger partial charge in [-0.25, -0.2) is 4.68 Å². The standard InChI is InChI=1S/C23H21F3N4O2/c1-15-14-20(31)21(28-30(15)19-7-3-2-6-18(19)23(24,25)26)22(32)27-16-8-10-17(11-9-16)29-12-4-5-13-29/h2-3,6-11,14H,4-5,12-13H2,1H3,(H,27,32). The summed E-state index contributed by atoms with van der Waals surface area (Å²) in [5.74, 6) is -0.790. The van der Waals surface area contributed by atoms with Crippen molar-refractivity contribution >= 4 is 17.3 Å². The van der Waals surface area contributed by atoms with Crippen molar-refractivity contribution in [2.75, 3.05) is 23.3 Å². The van der Waals surface area contributed by atoms with E-state index in [9.17, 15) is 22.8 Å². The van der Waals surface area contributed by atoms with E-state index in [4.69, 9.17) is 0 Å². The van der Waals surface area contributed by atoms with E-state index in [1.54, 1.807) is 12.1 Å². The molecule has 32 heavy (non-hydrogen) atoms. The molecule has 1 aliphatic rings. The molecule has 1 aliphatic heterocycles. The van der Waals surface area contributed by atoms with Crippen LogP contribution >= 0.6 is 0 Å². The molecule has 1 aromatic heterocycles. The van der Waals surface area contributed by atoms with E-state index in [1.165, 1.54) is 25.1 Å². The molecule has 1 saturated heterocycles. The molecule has 2 aromatic carbocycles. The Bertz CT molecular complexity index is 1200. The molecule has 0 unspecified atom stereocenters. The normalized spacial score (nSPS) is 13.9. The molecular weight excluding hydrogens is 421 g/mol. The maximum absolute atomic E-state index is 13.5. The Labute approximate surface area is 182 Å². The molecule has 166 valence electrons. The van der Waals surface area contributed by atoms with Crippen molar-refractivity contribution < 1.29 is 18.0 Å². The molecule has 1 N–H and O–H groups in total. The second-order valence-corrected chi connectivity index (χ2v) is 7.62. The molecule has 4 rings (SSSR count). The number of carbonyl (C=O) groups excluding carboxylic acids is 1. The molecule has 2 heterocycles. The summed E-state index contributed by atoms with van der Waals surface area (Å²) in [6, 6.07) is 13.2. The first-order valence-corrected chi connectivity index (χ1v) is 10.2. The van der Waals surface area contributed by atoms with Gasteiger partial charge in [-0.05, 0) is 56.2 Å². The second kappa shape index (κ2) is 8.49. The smallest absolute Gasteiger partial charge is 0.372 e. The van der Waals surface area contributed by atoms with Crippen molar-refractivity contribution in [2.24, 2.45) is 0 Å². The number of hydrogen-bond acceptors (Lipinski definition) is 4. The molecule has 0 bridgehead atoms. The zero-order valence-electron chi connectivity index (χ0n) is 17.3. The van der Waals surface area contributed by atoms with E-state index in [-0.39, 0.29) is 11.4 Å². The lowest BCUT2D eigenvalue weighted by atomic mass is 10.1. The van der Waals surface area contributed by atoms with Crippen LogP contribution in [-0.2, 0) is 6.18 Å². The average Bonchev–Trinajstić information content (AvgIpc) is 3.28. The maximum Gasteiger partial charge on any atom is 0.418 e. The first-order chi connectivity index (χ1) is 15.2. The average molecular weight is 442 g/mol. The summed E-state index contributed by atoms with van der Waals surface area (Å²) < 4.78 is 41.3. The third-order valence-electron chi connectivity index (χ3n) is 5.36. The SMILES string of the molecule is Cc1cc(=O)c(C(=O)Nc2ccc(N3CCCC3)cc2)nn1-c1ccccc1C(F)(F)F. The molecule has 0 saturated carbocycles. The van der Waals surface area contributed by atoms with E-state index < -0.39 is 28.8 Å². The summed E-state index contributed by atoms with van der Waals surface area (Å²) in [7, 11) is 0. The van der Waals surface area contributed by atoms with Crippen LogP contribution in [0.4, 0.5) is 24.5 Å². The quantitative estimate of drug-likeness (QED) is 0.650. The fourth-order valence-electron chi connectivity index (χ4n) is 3.77. The highest BCUT2D eigenvalue weighted by Crippen LogP contribution is 2.33. The Morgan fingerprint density at radius 2 is 1.69 bits per heavy atom. The summed E-state index contributed by atoms with van der Waals surface area (Å²) in [4.78, 5) is 27.4. The van der Waals surface area contributed by atoms with Crippen molar-refractivity contribution in [1.82, 2.24) is 9.78 Å². The van der Waals surface area contributed by atoms with Crippen LogP contribution in [-0.4, -0.2) is 28.8 Å². The fourth-order valence-corrected chi connectivity index (χ4v) is 3.77. The monoisotopic (exact) mass is 442 g/mol. The molecule has 0 radical (unpaired) electrons. The molecule has 0 spiro atoms. The van der Waals surface area contributed by atoms with Crippen LogP contribution < -0.4 is 15.6 Å². The number of alkyl halides is 3. The molecule has 1 amide bonds. The van der Waals surface area contributed by atoms with Crippen LogP contribution in [0.3, 0.4) is 0 Å². The van der Waals surface area contributed by atoms with Crippen LogP contribution in [0.15, 0.2) is 59.4 Å². The van der Waals surface area contributed by atoms with Crippen molar-refractivity contribution in [2.45, 2.75) is 25.9 Å². The number of hydrogen-bond donors (Lipinski definition) is 1. The van der Waals surface area contributed by atoms with Crippen LogP contribution in [0, 0.1) is 6.92 Å². The van der Waals surface area contributed by atoms with E-state index in [0.717, 1.165) is 48.4 Å². The van der Waals surface area contributed by atoms with Crippen molar-refractivity contribution in [1.29, 1.82) is 0 Å². The lowest BCUT2D eigenvalue weighted by molar-refractivity contribution is -0.137. The number of amides is 1. The maximum atomic E-state index is 13.5. The van der Waals surface area contributed by atoms with E-state index in [1.807, 2.05) is 12.1 Å². The largest absolute Gasteiger partial charge is 0.418 e. The van der Waals surface area contributed by atoms with Gasteiger partial charge in [-0.3, -0.25) is 9.59 Å². The van der Waals surface area contributed by atoms with Gasteiger partial charge in [-0.1, -0.05) is 12.1 Å². The summed E-state index contributed by atoms with van der Waals surface area (Å²) in [6.07, 6.45) is -2.34. The summed E-state index contributed by atoms with van der Waals surface area (Å²) in [6.45, 7) is 3.43. The molecule has 6 nitrogen and oxygen atoms in total. The van der Waals surface area contributed by atoms with Crippen LogP contribution in [0.2, 0.25) is 0 Å². The highest BCUT2D eigenvalue weighted by molar-refractivity contribution is 6.02. The summed E-state index contributed by atoms with van der Waals surface area (Å²) >= 11 is 0. The molecule has 9 heteroatoms. The number of aromatic nitrogens is 2. The second-order valence-electron chi connectivity index (χ2n) is 7.62. The number of carbonyl (C=O) groups is 1. The van der Waals surface area contributed by atoms with Crippen molar-refractivity contribution in [3.63, 3.8) is 0 Å². The Morgan fingerprint density at radius 3 is 2.34 bits per heavy atom. The molecule has 0 aliphatic carbocycles. The number of para-hydroxylation sites is 1. The molecular formula is C23H21F3N4O2. The number of nitrogens with one attached hydrogen (secondary N) is 1. The van der Waals surface area contributed by atoms with Gasteiger partial charge in [0.2, 0.25) is 5.43 Å². The zero-order valence-corrected chi connectivity index (χ0v) is 17.3. The number of benzene rings is 2. The third-order valence-corrected chi connectivity index (χ3v) is 5.36. The molecule has 3 aromatic rings. The zero-order chi connectivity index (χ0) is 22.9.